The van der Waals surface area contributed by atoms with E-state index in [2.05, 4.69) is 5.32 Å². The maximum atomic E-state index is 12.8. The van der Waals surface area contributed by atoms with Gasteiger partial charge in [0.15, 0.2) is 21.3 Å². The van der Waals surface area contributed by atoms with Crippen molar-refractivity contribution in [3.63, 3.8) is 0 Å². The third kappa shape index (κ3) is 4.27. The van der Waals surface area contributed by atoms with E-state index in [1.54, 1.807) is 23.1 Å². The summed E-state index contributed by atoms with van der Waals surface area (Å²) >= 11 is 0. The van der Waals surface area contributed by atoms with Gasteiger partial charge in [-0.05, 0) is 25.0 Å². The molecular formula is C17H24N2O6S. The fourth-order valence-corrected chi connectivity index (χ4v) is 4.69. The van der Waals surface area contributed by atoms with Gasteiger partial charge in [0, 0.05) is 20.1 Å². The molecule has 0 unspecified atom stereocenters. The Bertz CT molecular complexity index is 769. The van der Waals surface area contributed by atoms with Crippen molar-refractivity contribution in [2.45, 2.75) is 18.1 Å². The Morgan fingerprint density at radius 2 is 1.85 bits per heavy atom. The molecule has 0 aliphatic carbocycles. The molecule has 0 atom stereocenters. The zero-order valence-electron chi connectivity index (χ0n) is 15.1. The van der Waals surface area contributed by atoms with Crippen LogP contribution in [0.15, 0.2) is 18.2 Å². The Morgan fingerprint density at radius 3 is 2.38 bits per heavy atom. The molecule has 0 radical (unpaired) electrons. The lowest BCUT2D eigenvalue weighted by Crippen LogP contribution is -2.44. The number of hydrogen-bond donors (Lipinski definition) is 1. The fourth-order valence-electron chi connectivity index (χ4n) is 3.02. The molecule has 1 aliphatic heterocycles. The number of carbonyl (C=O) groups excluding carboxylic acids is 2. The summed E-state index contributed by atoms with van der Waals surface area (Å²) in [5, 5.41) is 1.71. The summed E-state index contributed by atoms with van der Waals surface area (Å²) in [6.45, 7) is 0.605. The summed E-state index contributed by atoms with van der Waals surface area (Å²) in [5.74, 6) is -0.463. The maximum absolute atomic E-state index is 12.8. The lowest BCUT2D eigenvalue weighted by atomic mass is 10.1. The normalized spacial score (nSPS) is 15.4. The van der Waals surface area contributed by atoms with Crippen LogP contribution in [0, 0.1) is 0 Å². The molecule has 9 heteroatoms. The van der Waals surface area contributed by atoms with Gasteiger partial charge in [-0.1, -0.05) is 6.07 Å². The third-order valence-corrected chi connectivity index (χ3v) is 6.63. The molecule has 26 heavy (non-hydrogen) atoms. The van der Waals surface area contributed by atoms with Gasteiger partial charge in [0.05, 0.1) is 25.0 Å². The van der Waals surface area contributed by atoms with Crippen molar-refractivity contribution < 1.29 is 27.5 Å². The Kier molecular flexibility index (Phi) is 6.47. The monoisotopic (exact) mass is 384 g/mol. The van der Waals surface area contributed by atoms with Crippen molar-refractivity contribution in [2.24, 2.45) is 0 Å². The number of rotatable bonds is 6. The van der Waals surface area contributed by atoms with Crippen molar-refractivity contribution in [2.75, 3.05) is 40.1 Å². The van der Waals surface area contributed by atoms with E-state index in [-0.39, 0.29) is 5.91 Å². The van der Waals surface area contributed by atoms with Crippen molar-refractivity contribution in [3.05, 3.63) is 23.8 Å². The minimum atomic E-state index is -3.53. The van der Waals surface area contributed by atoms with Gasteiger partial charge >= 0.3 is 0 Å². The number of carbonyl (C=O) groups is 2. The minimum absolute atomic E-state index is 0.233. The van der Waals surface area contributed by atoms with Crippen LogP contribution in [0.3, 0.4) is 0 Å². The highest BCUT2D eigenvalue weighted by Crippen LogP contribution is 2.32. The number of hydrogen-bond acceptors (Lipinski definition) is 6. The molecule has 0 aromatic heterocycles. The lowest BCUT2D eigenvalue weighted by Gasteiger charge is -2.32. The van der Waals surface area contributed by atoms with Gasteiger partial charge in [-0.3, -0.25) is 9.59 Å². The largest absolute Gasteiger partial charge is 0.493 e. The van der Waals surface area contributed by atoms with Crippen LogP contribution in [0.25, 0.3) is 0 Å². The molecule has 2 rings (SSSR count). The van der Waals surface area contributed by atoms with E-state index in [4.69, 9.17) is 9.47 Å². The summed E-state index contributed by atoms with van der Waals surface area (Å²) in [4.78, 5) is 25.8. The Morgan fingerprint density at radius 1 is 1.19 bits per heavy atom. The number of likely N-dealkylation sites (tertiary alicyclic amines) is 1. The molecule has 144 valence electrons. The average molecular weight is 384 g/mol. The molecule has 1 aromatic rings. The number of nitrogens with zero attached hydrogens (tertiary/aromatic N) is 1. The van der Waals surface area contributed by atoms with Crippen LogP contribution < -0.4 is 14.8 Å². The molecule has 0 spiro atoms. The number of ether oxygens (including phenoxy) is 2. The quantitative estimate of drug-likeness (QED) is 0.765. The first kappa shape index (κ1) is 20.0. The van der Waals surface area contributed by atoms with Gasteiger partial charge in [-0.2, -0.15) is 0 Å². The number of benzene rings is 1. The Balaban J connectivity index is 2.09. The van der Waals surface area contributed by atoms with Crippen LogP contribution in [0.2, 0.25) is 0 Å². The fraction of sp³-hybridized carbons (Fsp3) is 0.529. The predicted octanol–water partition coefficient (Wildman–Crippen LogP) is 0.469. The molecule has 1 N–H and O–H groups in total. The van der Waals surface area contributed by atoms with E-state index in [1.807, 2.05) is 0 Å². The van der Waals surface area contributed by atoms with E-state index in [0.29, 0.717) is 43.0 Å². The van der Waals surface area contributed by atoms with Gasteiger partial charge in [0.2, 0.25) is 5.91 Å². The van der Waals surface area contributed by atoms with Crippen molar-refractivity contribution in [1.29, 1.82) is 0 Å². The Hall–Kier alpha value is -2.29. The number of nitrogens with one attached hydrogen (secondary N) is 1. The number of piperidine rings is 1. The van der Waals surface area contributed by atoms with Gasteiger partial charge in [-0.25, -0.2) is 8.42 Å². The van der Waals surface area contributed by atoms with Crippen molar-refractivity contribution in [1.82, 2.24) is 10.2 Å². The molecule has 1 heterocycles. The first-order valence-electron chi connectivity index (χ1n) is 8.26. The average Bonchev–Trinajstić information content (AvgIpc) is 2.66. The molecule has 8 nitrogen and oxygen atoms in total. The van der Waals surface area contributed by atoms with Crippen molar-refractivity contribution in [3.8, 4) is 11.5 Å². The Labute approximate surface area is 153 Å². The highest BCUT2D eigenvalue weighted by molar-refractivity contribution is 7.92. The second-order valence-electron chi connectivity index (χ2n) is 6.01. The smallest absolute Gasteiger partial charge is 0.257 e. The standard InChI is InChI=1S/C17H24N2O6S/c1-18-15(20)11-26(22,23)12-7-9-19(10-8-12)17(21)13-5-4-6-14(24-2)16(13)25-3/h4-6,12H,7-11H2,1-3H3,(H,18,20). The number of sulfone groups is 1. The van der Waals surface area contributed by atoms with Gasteiger partial charge < -0.3 is 19.7 Å². The number of methoxy groups -OCH3 is 2. The third-order valence-electron chi connectivity index (χ3n) is 4.48. The van der Waals surface area contributed by atoms with Crippen LogP contribution in [0.5, 0.6) is 11.5 Å². The molecule has 2 amide bonds. The van der Waals surface area contributed by atoms with Crippen LogP contribution in [0.1, 0.15) is 23.2 Å². The first-order chi connectivity index (χ1) is 12.3. The van der Waals surface area contributed by atoms with E-state index >= 15 is 0 Å². The van der Waals surface area contributed by atoms with Crippen LogP contribution in [-0.4, -0.2) is 70.5 Å². The number of amides is 2. The van der Waals surface area contributed by atoms with Gasteiger partial charge in [-0.15, -0.1) is 0 Å². The minimum Gasteiger partial charge on any atom is -0.493 e. The second kappa shape index (κ2) is 8.39. The first-order valence-corrected chi connectivity index (χ1v) is 9.98. The topological polar surface area (TPSA) is 102 Å². The molecule has 0 bridgehead atoms. The van der Waals surface area contributed by atoms with Crippen LogP contribution in [-0.2, 0) is 14.6 Å². The molecule has 1 saturated heterocycles. The summed E-state index contributed by atoms with van der Waals surface area (Å²) in [5.41, 5.74) is 0.374. The zero-order chi connectivity index (χ0) is 19.3. The molecular weight excluding hydrogens is 360 g/mol. The van der Waals surface area contributed by atoms with Crippen molar-refractivity contribution >= 4 is 21.7 Å². The van der Waals surface area contributed by atoms with E-state index in [9.17, 15) is 18.0 Å². The molecule has 1 aliphatic rings. The predicted molar refractivity (Wildman–Crippen MR) is 96.3 cm³/mol. The summed E-state index contributed by atoms with van der Waals surface area (Å²) in [6.07, 6.45) is 0.606. The lowest BCUT2D eigenvalue weighted by molar-refractivity contribution is -0.118. The van der Waals surface area contributed by atoms with E-state index in [1.165, 1.54) is 21.3 Å². The highest BCUT2D eigenvalue weighted by atomic mass is 32.2. The van der Waals surface area contributed by atoms with E-state index in [0.717, 1.165) is 0 Å². The molecule has 1 aromatic carbocycles. The summed E-state index contributed by atoms with van der Waals surface area (Å²) in [7, 11) is 0.836. The molecule has 1 fully saturated rings. The van der Waals surface area contributed by atoms with Gasteiger partial charge in [0.25, 0.3) is 5.91 Å². The second-order valence-corrected chi connectivity index (χ2v) is 8.29. The zero-order valence-corrected chi connectivity index (χ0v) is 16.0. The number of para-hydroxylation sites is 1. The molecule has 0 saturated carbocycles. The van der Waals surface area contributed by atoms with Crippen LogP contribution >= 0.6 is 0 Å². The summed E-state index contributed by atoms with van der Waals surface area (Å²) < 4.78 is 35.1. The van der Waals surface area contributed by atoms with Crippen LogP contribution in [0.4, 0.5) is 0 Å². The highest BCUT2D eigenvalue weighted by Gasteiger charge is 2.33. The SMILES string of the molecule is CNC(=O)CS(=O)(=O)C1CCN(C(=O)c2cccc(OC)c2OC)CC1. The van der Waals surface area contributed by atoms with Gasteiger partial charge in [0.1, 0.15) is 5.75 Å². The van der Waals surface area contributed by atoms with E-state index < -0.39 is 26.7 Å². The maximum Gasteiger partial charge on any atom is 0.257 e. The summed E-state index contributed by atoms with van der Waals surface area (Å²) in [6, 6.07) is 5.06.